The summed E-state index contributed by atoms with van der Waals surface area (Å²) < 4.78 is 0. The maximum atomic E-state index is 12.2. The van der Waals surface area contributed by atoms with Gasteiger partial charge >= 0.3 is 6.03 Å². The number of nitrogens with zero attached hydrogens (tertiary/aromatic N) is 1. The van der Waals surface area contributed by atoms with Gasteiger partial charge in [0.25, 0.3) is 5.56 Å². The van der Waals surface area contributed by atoms with Crippen LogP contribution in [0.1, 0.15) is 31.5 Å². The molecule has 7 nitrogen and oxygen atoms in total. The number of urea groups is 1. The summed E-state index contributed by atoms with van der Waals surface area (Å²) in [7, 11) is 0. The van der Waals surface area contributed by atoms with Gasteiger partial charge in [-0.3, -0.25) is 14.9 Å². The van der Waals surface area contributed by atoms with Crippen LogP contribution in [0, 0.1) is 0 Å². The van der Waals surface area contributed by atoms with Crippen LogP contribution in [-0.2, 0) is 17.8 Å². The highest BCUT2D eigenvalue weighted by Gasteiger charge is 2.18. The van der Waals surface area contributed by atoms with E-state index in [-0.39, 0.29) is 5.56 Å². The smallest absolute Gasteiger partial charge is 0.321 e. The van der Waals surface area contributed by atoms with Crippen molar-refractivity contribution in [2.24, 2.45) is 0 Å². The summed E-state index contributed by atoms with van der Waals surface area (Å²) in [5.41, 5.74) is 1.37. The first-order valence-electron chi connectivity index (χ1n) is 8.37. The number of hydrogen-bond acceptors (Lipinski definition) is 5. The minimum absolute atomic E-state index is 0.251. The molecule has 0 spiro atoms. The van der Waals surface area contributed by atoms with Gasteiger partial charge in [0.1, 0.15) is 0 Å². The number of hydrogen-bond donors (Lipinski definition) is 3. The van der Waals surface area contributed by atoms with Crippen molar-refractivity contribution in [2.45, 2.75) is 43.6 Å². The second-order valence-corrected chi connectivity index (χ2v) is 7.04. The van der Waals surface area contributed by atoms with Crippen LogP contribution in [0.2, 0.25) is 0 Å². The van der Waals surface area contributed by atoms with Gasteiger partial charge in [0, 0.05) is 18.3 Å². The fraction of sp³-hybridized carbons (Fsp3) is 0.333. The molecule has 1 aromatic heterocycles. The van der Waals surface area contributed by atoms with E-state index < -0.39 is 17.2 Å². The van der Waals surface area contributed by atoms with Crippen LogP contribution in [0.4, 0.5) is 4.79 Å². The number of rotatable bonds is 7. The van der Waals surface area contributed by atoms with Crippen LogP contribution in [-0.4, -0.2) is 27.2 Å². The third-order valence-electron chi connectivity index (χ3n) is 3.47. The molecule has 1 atom stereocenters. The molecule has 0 aliphatic heterocycles. The van der Waals surface area contributed by atoms with E-state index in [1.165, 1.54) is 6.07 Å². The van der Waals surface area contributed by atoms with Crippen molar-refractivity contribution in [3.8, 4) is 0 Å². The van der Waals surface area contributed by atoms with E-state index in [9.17, 15) is 14.4 Å². The lowest BCUT2D eigenvalue weighted by Gasteiger charge is -2.12. The van der Waals surface area contributed by atoms with Crippen molar-refractivity contribution in [3.63, 3.8) is 0 Å². The van der Waals surface area contributed by atoms with Crippen molar-refractivity contribution >= 4 is 23.7 Å². The molecule has 138 valence electrons. The molecule has 1 heterocycles. The fourth-order valence-corrected chi connectivity index (χ4v) is 3.01. The van der Waals surface area contributed by atoms with Crippen LogP contribution in [0.5, 0.6) is 0 Å². The van der Waals surface area contributed by atoms with Gasteiger partial charge in [0.05, 0.1) is 5.25 Å². The molecule has 0 fully saturated rings. The predicted octanol–water partition coefficient (Wildman–Crippen LogP) is 2.23. The van der Waals surface area contributed by atoms with E-state index in [1.807, 2.05) is 37.3 Å². The Morgan fingerprint density at radius 2 is 2.00 bits per heavy atom. The number of benzene rings is 1. The third kappa shape index (κ3) is 6.36. The van der Waals surface area contributed by atoms with Crippen molar-refractivity contribution in [1.82, 2.24) is 20.6 Å². The van der Waals surface area contributed by atoms with Gasteiger partial charge in [-0.1, -0.05) is 55.4 Å². The number of carbonyl (C=O) groups is 2. The summed E-state index contributed by atoms with van der Waals surface area (Å²) in [4.78, 5) is 42.6. The molecular formula is C18H22N4O3S. The third-order valence-corrected chi connectivity index (χ3v) is 4.45. The van der Waals surface area contributed by atoms with E-state index in [4.69, 9.17) is 0 Å². The SMILES string of the molecule is CCCc1cc(=O)[nH]c(S[C@H](C)C(=O)NC(=O)NCc2ccccc2)n1. The van der Waals surface area contributed by atoms with Gasteiger partial charge in [-0.2, -0.15) is 0 Å². The van der Waals surface area contributed by atoms with Crippen LogP contribution in [0.15, 0.2) is 46.3 Å². The molecule has 3 N–H and O–H groups in total. The van der Waals surface area contributed by atoms with E-state index >= 15 is 0 Å². The maximum absolute atomic E-state index is 12.2. The minimum atomic E-state index is -0.586. The van der Waals surface area contributed by atoms with Crippen molar-refractivity contribution in [1.29, 1.82) is 0 Å². The molecule has 0 saturated heterocycles. The van der Waals surface area contributed by atoms with Gasteiger partial charge in [0.15, 0.2) is 5.16 Å². The zero-order valence-corrected chi connectivity index (χ0v) is 15.6. The Kier molecular flexibility index (Phi) is 7.40. The Labute approximate surface area is 156 Å². The number of carbonyl (C=O) groups excluding carboxylic acids is 2. The highest BCUT2D eigenvalue weighted by Crippen LogP contribution is 2.18. The number of imide groups is 1. The lowest BCUT2D eigenvalue weighted by molar-refractivity contribution is -0.119. The first-order valence-corrected chi connectivity index (χ1v) is 9.25. The summed E-state index contributed by atoms with van der Waals surface area (Å²) >= 11 is 1.10. The Morgan fingerprint density at radius 1 is 1.27 bits per heavy atom. The Morgan fingerprint density at radius 3 is 2.69 bits per heavy atom. The van der Waals surface area contributed by atoms with E-state index in [1.54, 1.807) is 6.92 Å². The second-order valence-electron chi connectivity index (χ2n) is 5.71. The molecule has 0 unspecified atom stereocenters. The normalized spacial score (nSPS) is 11.6. The highest BCUT2D eigenvalue weighted by atomic mass is 32.2. The largest absolute Gasteiger partial charge is 0.334 e. The van der Waals surface area contributed by atoms with Gasteiger partial charge in [-0.05, 0) is 18.9 Å². The van der Waals surface area contributed by atoms with Gasteiger partial charge < -0.3 is 10.3 Å². The molecule has 0 bridgehead atoms. The summed E-state index contributed by atoms with van der Waals surface area (Å²) in [5, 5.41) is 4.71. The topological polar surface area (TPSA) is 104 Å². The van der Waals surface area contributed by atoms with E-state index in [2.05, 4.69) is 20.6 Å². The van der Waals surface area contributed by atoms with Crippen molar-refractivity contribution in [3.05, 3.63) is 58.0 Å². The molecule has 26 heavy (non-hydrogen) atoms. The first kappa shape index (κ1) is 19.7. The number of H-pyrrole nitrogens is 1. The summed E-state index contributed by atoms with van der Waals surface area (Å²) in [6, 6.07) is 10.3. The molecule has 0 radical (unpaired) electrons. The zero-order valence-electron chi connectivity index (χ0n) is 14.7. The van der Waals surface area contributed by atoms with Crippen molar-refractivity contribution < 1.29 is 9.59 Å². The number of aryl methyl sites for hydroxylation is 1. The molecule has 3 amide bonds. The molecule has 2 aromatic rings. The molecule has 8 heteroatoms. The van der Waals surface area contributed by atoms with Crippen LogP contribution < -0.4 is 16.2 Å². The number of amides is 3. The van der Waals surface area contributed by atoms with E-state index in [0.717, 1.165) is 23.7 Å². The molecule has 0 aliphatic carbocycles. The van der Waals surface area contributed by atoms with Crippen molar-refractivity contribution in [2.75, 3.05) is 0 Å². The highest BCUT2D eigenvalue weighted by molar-refractivity contribution is 8.00. The van der Waals surface area contributed by atoms with Crippen LogP contribution >= 0.6 is 11.8 Å². The standard InChI is InChI=1S/C18H22N4O3S/c1-3-7-14-10-15(23)21-18(20-14)26-12(2)16(24)22-17(25)19-11-13-8-5-4-6-9-13/h4-6,8-10,12H,3,7,11H2,1-2H3,(H,20,21,23)(H2,19,22,24,25)/t12-/m1/s1. The lowest BCUT2D eigenvalue weighted by atomic mass is 10.2. The van der Waals surface area contributed by atoms with Crippen LogP contribution in [0.3, 0.4) is 0 Å². The number of aromatic amines is 1. The molecule has 2 rings (SSSR count). The number of nitrogens with one attached hydrogen (secondary N) is 3. The number of thioether (sulfide) groups is 1. The average Bonchev–Trinajstić information content (AvgIpc) is 2.60. The lowest BCUT2D eigenvalue weighted by Crippen LogP contribution is -2.42. The van der Waals surface area contributed by atoms with Gasteiger partial charge in [-0.15, -0.1) is 0 Å². The molecule has 1 aromatic carbocycles. The Balaban J connectivity index is 1.87. The second kappa shape index (κ2) is 9.76. The van der Waals surface area contributed by atoms with E-state index in [0.29, 0.717) is 23.8 Å². The minimum Gasteiger partial charge on any atom is -0.334 e. The predicted molar refractivity (Wildman–Crippen MR) is 101 cm³/mol. The summed E-state index contributed by atoms with van der Waals surface area (Å²) in [6.07, 6.45) is 1.57. The Hall–Kier alpha value is -2.61. The first-order chi connectivity index (χ1) is 12.5. The van der Waals surface area contributed by atoms with Gasteiger partial charge in [-0.25, -0.2) is 9.78 Å². The van der Waals surface area contributed by atoms with Crippen LogP contribution in [0.25, 0.3) is 0 Å². The summed E-state index contributed by atoms with van der Waals surface area (Å²) in [5.74, 6) is -0.455. The average molecular weight is 374 g/mol. The monoisotopic (exact) mass is 374 g/mol. The number of aromatic nitrogens is 2. The molecule has 0 saturated carbocycles. The Bertz CT molecular complexity index is 808. The fourth-order valence-electron chi connectivity index (χ4n) is 2.18. The quantitative estimate of drug-likeness (QED) is 0.509. The zero-order chi connectivity index (χ0) is 18.9. The molecule has 0 aliphatic rings. The summed E-state index contributed by atoms with van der Waals surface area (Å²) in [6.45, 7) is 3.98. The van der Waals surface area contributed by atoms with Gasteiger partial charge in [0.2, 0.25) is 5.91 Å². The maximum Gasteiger partial charge on any atom is 0.321 e. The molecular weight excluding hydrogens is 352 g/mol.